The third-order valence-electron chi connectivity index (χ3n) is 3.71. The summed E-state index contributed by atoms with van der Waals surface area (Å²) in [6.07, 6.45) is 7.74. The summed E-state index contributed by atoms with van der Waals surface area (Å²) in [4.78, 5) is 6.79. The molecule has 1 aliphatic rings. The minimum atomic E-state index is -0.269. The Bertz CT molecular complexity index is 572. The van der Waals surface area contributed by atoms with Crippen LogP contribution in [-0.2, 0) is 12.8 Å². The van der Waals surface area contributed by atoms with Crippen LogP contribution < -0.4 is 5.32 Å². The number of nitrogens with one attached hydrogen (secondary N) is 1. The van der Waals surface area contributed by atoms with E-state index in [1.807, 2.05) is 11.3 Å². The summed E-state index contributed by atoms with van der Waals surface area (Å²) < 4.78 is 13.4. The van der Waals surface area contributed by atoms with Crippen molar-refractivity contribution in [3.8, 4) is 0 Å². The highest BCUT2D eigenvalue weighted by molar-refractivity contribution is 7.12. The van der Waals surface area contributed by atoms with Gasteiger partial charge in [0, 0.05) is 16.0 Å². The van der Waals surface area contributed by atoms with Gasteiger partial charge in [-0.05, 0) is 55.5 Å². The number of aryl methyl sites for hydroxylation is 2. The Morgan fingerprint density at radius 2 is 2.25 bits per heavy atom. The number of rotatable bonds is 5. The van der Waals surface area contributed by atoms with Gasteiger partial charge in [-0.25, -0.2) is 4.39 Å². The second-order valence-electron chi connectivity index (χ2n) is 5.27. The number of fused-ring (bicyclic) bond motifs is 1. The van der Waals surface area contributed by atoms with E-state index in [-0.39, 0.29) is 11.9 Å². The first-order valence-electron chi connectivity index (χ1n) is 7.23. The molecule has 3 rings (SSSR count). The van der Waals surface area contributed by atoms with Crippen LogP contribution in [0.15, 0.2) is 24.5 Å². The van der Waals surface area contributed by atoms with Crippen molar-refractivity contribution in [1.29, 1.82) is 0 Å². The second kappa shape index (κ2) is 6.02. The van der Waals surface area contributed by atoms with Crippen LogP contribution in [0.5, 0.6) is 0 Å². The van der Waals surface area contributed by atoms with E-state index in [1.165, 1.54) is 40.8 Å². The molecule has 0 aromatic carbocycles. The van der Waals surface area contributed by atoms with E-state index in [0.717, 1.165) is 18.5 Å². The summed E-state index contributed by atoms with van der Waals surface area (Å²) in [6, 6.07) is 3.95. The molecule has 0 spiro atoms. The Morgan fingerprint density at radius 1 is 1.35 bits per heavy atom. The second-order valence-corrected chi connectivity index (χ2v) is 6.44. The van der Waals surface area contributed by atoms with Crippen LogP contribution in [-0.4, -0.2) is 11.5 Å². The van der Waals surface area contributed by atoms with Crippen molar-refractivity contribution in [3.63, 3.8) is 0 Å². The van der Waals surface area contributed by atoms with Gasteiger partial charge >= 0.3 is 0 Å². The Labute approximate surface area is 123 Å². The Morgan fingerprint density at radius 3 is 3.00 bits per heavy atom. The lowest BCUT2D eigenvalue weighted by Gasteiger charge is -2.17. The van der Waals surface area contributed by atoms with Gasteiger partial charge in [-0.3, -0.25) is 4.98 Å². The number of nitrogens with zero attached hydrogens (tertiary/aromatic N) is 1. The minimum Gasteiger partial charge on any atom is -0.306 e. The molecule has 1 unspecified atom stereocenters. The fraction of sp³-hybridized carbons (Fsp3) is 0.438. The zero-order valence-electron chi connectivity index (χ0n) is 11.7. The molecule has 4 heteroatoms. The molecular weight excluding hydrogens is 271 g/mol. The van der Waals surface area contributed by atoms with Crippen LogP contribution >= 0.6 is 11.3 Å². The molecule has 0 amide bonds. The van der Waals surface area contributed by atoms with Crippen molar-refractivity contribution in [1.82, 2.24) is 10.3 Å². The summed E-state index contributed by atoms with van der Waals surface area (Å²) in [5.41, 5.74) is 2.40. The smallest absolute Gasteiger partial charge is 0.141 e. The quantitative estimate of drug-likeness (QED) is 0.904. The number of thiophene rings is 1. The maximum atomic E-state index is 13.4. The number of hydrogen-bond donors (Lipinski definition) is 1. The predicted octanol–water partition coefficient (Wildman–Crippen LogP) is 3.86. The molecule has 1 N–H and O–H groups in total. The maximum absolute atomic E-state index is 13.4. The molecule has 1 aliphatic carbocycles. The lowest BCUT2D eigenvalue weighted by molar-refractivity contribution is 0.585. The lowest BCUT2D eigenvalue weighted by atomic mass is 10.1. The van der Waals surface area contributed by atoms with E-state index in [2.05, 4.69) is 23.3 Å². The van der Waals surface area contributed by atoms with E-state index < -0.39 is 0 Å². The first-order valence-corrected chi connectivity index (χ1v) is 8.05. The fourth-order valence-electron chi connectivity index (χ4n) is 2.75. The van der Waals surface area contributed by atoms with Crippen molar-refractivity contribution in [3.05, 3.63) is 51.2 Å². The minimum absolute atomic E-state index is 0.0637. The van der Waals surface area contributed by atoms with Crippen LogP contribution in [0.1, 0.15) is 46.7 Å². The van der Waals surface area contributed by atoms with Crippen LogP contribution in [0, 0.1) is 5.82 Å². The van der Waals surface area contributed by atoms with Crippen molar-refractivity contribution < 1.29 is 4.39 Å². The molecule has 2 heterocycles. The van der Waals surface area contributed by atoms with Gasteiger partial charge in [0.2, 0.25) is 0 Å². The predicted molar refractivity (Wildman–Crippen MR) is 80.7 cm³/mol. The van der Waals surface area contributed by atoms with Crippen LogP contribution in [0.3, 0.4) is 0 Å². The molecule has 20 heavy (non-hydrogen) atoms. The van der Waals surface area contributed by atoms with Gasteiger partial charge in [0.1, 0.15) is 5.82 Å². The Kier molecular flexibility index (Phi) is 4.13. The van der Waals surface area contributed by atoms with Gasteiger partial charge in [0.05, 0.1) is 12.2 Å². The van der Waals surface area contributed by atoms with Crippen LogP contribution in [0.4, 0.5) is 4.39 Å². The van der Waals surface area contributed by atoms with E-state index in [0.29, 0.717) is 0 Å². The number of hydrogen-bond acceptors (Lipinski definition) is 3. The first-order chi connectivity index (χ1) is 9.78. The van der Waals surface area contributed by atoms with Crippen molar-refractivity contribution in [2.75, 3.05) is 6.54 Å². The van der Waals surface area contributed by atoms with E-state index in [9.17, 15) is 4.39 Å². The Hall–Kier alpha value is -1.26. The lowest BCUT2D eigenvalue weighted by Crippen LogP contribution is -2.22. The SMILES string of the molecule is CCCNC(c1cncc(F)c1)c1cc2c(s1)CCC2. The Balaban J connectivity index is 1.92. The van der Waals surface area contributed by atoms with Gasteiger partial charge in [0.25, 0.3) is 0 Å². The zero-order chi connectivity index (χ0) is 13.9. The average Bonchev–Trinajstić information content (AvgIpc) is 3.00. The third-order valence-corrected chi connectivity index (χ3v) is 5.01. The molecule has 2 aromatic heterocycles. The maximum Gasteiger partial charge on any atom is 0.141 e. The first kappa shape index (κ1) is 13.7. The molecule has 2 aromatic rings. The molecule has 0 bridgehead atoms. The van der Waals surface area contributed by atoms with Gasteiger partial charge < -0.3 is 5.32 Å². The monoisotopic (exact) mass is 290 g/mol. The van der Waals surface area contributed by atoms with Crippen LogP contribution in [0.25, 0.3) is 0 Å². The molecule has 0 fully saturated rings. The highest BCUT2D eigenvalue weighted by Crippen LogP contribution is 2.36. The largest absolute Gasteiger partial charge is 0.306 e. The summed E-state index contributed by atoms with van der Waals surface area (Å²) >= 11 is 1.87. The number of pyridine rings is 1. The molecular formula is C16H19FN2S. The molecule has 0 radical (unpaired) electrons. The number of halogens is 1. The molecule has 0 aliphatic heterocycles. The van der Waals surface area contributed by atoms with E-state index >= 15 is 0 Å². The van der Waals surface area contributed by atoms with Gasteiger partial charge in [-0.2, -0.15) is 0 Å². The van der Waals surface area contributed by atoms with Crippen molar-refractivity contribution >= 4 is 11.3 Å². The van der Waals surface area contributed by atoms with E-state index in [1.54, 1.807) is 12.3 Å². The van der Waals surface area contributed by atoms with E-state index in [4.69, 9.17) is 0 Å². The highest BCUT2D eigenvalue weighted by atomic mass is 32.1. The van der Waals surface area contributed by atoms with Crippen molar-refractivity contribution in [2.45, 2.75) is 38.6 Å². The van der Waals surface area contributed by atoms with Gasteiger partial charge in [-0.1, -0.05) is 6.92 Å². The van der Waals surface area contributed by atoms with Gasteiger partial charge in [0.15, 0.2) is 0 Å². The average molecular weight is 290 g/mol. The summed E-state index contributed by atoms with van der Waals surface area (Å²) in [5.74, 6) is -0.269. The summed E-state index contributed by atoms with van der Waals surface area (Å²) in [6.45, 7) is 3.06. The molecule has 0 saturated heterocycles. The van der Waals surface area contributed by atoms with Crippen LogP contribution in [0.2, 0.25) is 0 Å². The standard InChI is InChI=1S/C16H19FN2S/c1-2-6-19-16(12-7-13(17)10-18-9-12)15-8-11-4-3-5-14(11)20-15/h7-10,16,19H,2-6H2,1H3. The molecule has 106 valence electrons. The molecule has 2 nitrogen and oxygen atoms in total. The summed E-state index contributed by atoms with van der Waals surface area (Å²) in [5, 5.41) is 3.52. The zero-order valence-corrected chi connectivity index (χ0v) is 12.5. The molecule has 0 saturated carbocycles. The summed E-state index contributed by atoms with van der Waals surface area (Å²) in [7, 11) is 0. The highest BCUT2D eigenvalue weighted by Gasteiger charge is 2.21. The third kappa shape index (κ3) is 2.76. The topological polar surface area (TPSA) is 24.9 Å². The van der Waals surface area contributed by atoms with Gasteiger partial charge in [-0.15, -0.1) is 11.3 Å². The molecule has 1 atom stereocenters. The fourth-order valence-corrected chi connectivity index (χ4v) is 4.11. The van der Waals surface area contributed by atoms with Crippen molar-refractivity contribution in [2.24, 2.45) is 0 Å². The normalized spacial score (nSPS) is 15.3. The number of aromatic nitrogens is 1.